The van der Waals surface area contributed by atoms with Gasteiger partial charge in [0.15, 0.2) is 0 Å². The Bertz CT molecular complexity index is 1120. The Morgan fingerprint density at radius 2 is 1.92 bits per heavy atom. The molecule has 1 aromatic carbocycles. The molecule has 2 fully saturated rings. The predicted molar refractivity (Wildman–Crippen MR) is 138 cm³/mol. The minimum atomic E-state index is -1.14. The summed E-state index contributed by atoms with van der Waals surface area (Å²) in [7, 11) is 0. The maximum atomic E-state index is 12.6. The summed E-state index contributed by atoms with van der Waals surface area (Å²) in [5.74, 6) is -0.655. The second-order valence-corrected chi connectivity index (χ2v) is 10.6. The number of carbonyl (C=O) groups is 2. The van der Waals surface area contributed by atoms with Crippen molar-refractivity contribution in [3.05, 3.63) is 29.5 Å². The Morgan fingerprint density at radius 3 is 2.53 bits per heavy atom. The molecular formula is C27H38N4O5. The van der Waals surface area contributed by atoms with Crippen molar-refractivity contribution in [1.82, 2.24) is 15.2 Å². The molecule has 196 valence electrons. The highest BCUT2D eigenvalue weighted by atomic mass is 16.5. The van der Waals surface area contributed by atoms with Gasteiger partial charge in [0.25, 0.3) is 0 Å². The first-order chi connectivity index (χ1) is 17.1. The number of carbonyl (C=O) groups excluding carboxylic acids is 1. The fourth-order valence-electron chi connectivity index (χ4n) is 5.58. The zero-order valence-corrected chi connectivity index (χ0v) is 21.4. The Balaban J connectivity index is 1.61. The number of nitrogens with two attached hydrogens (primary N) is 1. The van der Waals surface area contributed by atoms with E-state index in [4.69, 9.17) is 10.5 Å². The number of hydrogen-bond donors (Lipinski definition) is 4. The molecule has 1 aliphatic carbocycles. The van der Waals surface area contributed by atoms with Crippen LogP contribution in [0.5, 0.6) is 5.75 Å². The van der Waals surface area contributed by atoms with Crippen LogP contribution in [0.3, 0.4) is 0 Å². The number of amides is 1. The number of anilines is 1. The van der Waals surface area contributed by atoms with Gasteiger partial charge in [0.05, 0.1) is 28.9 Å². The molecule has 2 aliphatic rings. The summed E-state index contributed by atoms with van der Waals surface area (Å²) in [6, 6.07) is 5.60. The lowest BCUT2D eigenvalue weighted by molar-refractivity contribution is -0.140. The van der Waals surface area contributed by atoms with Crippen molar-refractivity contribution in [3.8, 4) is 5.75 Å². The monoisotopic (exact) mass is 498 g/mol. The number of fused-ring (bicyclic) bond motifs is 1. The van der Waals surface area contributed by atoms with E-state index in [0.717, 1.165) is 25.7 Å². The summed E-state index contributed by atoms with van der Waals surface area (Å²) in [5.41, 5.74) is 6.69. The van der Waals surface area contributed by atoms with E-state index in [1.807, 2.05) is 18.7 Å². The van der Waals surface area contributed by atoms with Gasteiger partial charge in [-0.3, -0.25) is 15.1 Å². The number of likely N-dealkylation sites (tertiary alicyclic amines) is 1. The molecule has 2 heterocycles. The number of aliphatic hydroxyl groups excluding tert-OH is 1. The molecule has 1 atom stereocenters. The first-order valence-corrected chi connectivity index (χ1v) is 12.9. The van der Waals surface area contributed by atoms with Gasteiger partial charge >= 0.3 is 5.97 Å². The number of pyridine rings is 1. The van der Waals surface area contributed by atoms with Crippen molar-refractivity contribution in [3.63, 3.8) is 0 Å². The van der Waals surface area contributed by atoms with Gasteiger partial charge < -0.3 is 25.6 Å². The first-order valence-electron chi connectivity index (χ1n) is 12.9. The second kappa shape index (κ2) is 10.6. The van der Waals surface area contributed by atoms with Crippen LogP contribution in [0.2, 0.25) is 0 Å². The summed E-state index contributed by atoms with van der Waals surface area (Å²) < 4.78 is 6.33. The van der Waals surface area contributed by atoms with Crippen LogP contribution < -0.4 is 15.8 Å². The molecule has 2 aromatic rings. The van der Waals surface area contributed by atoms with E-state index in [0.29, 0.717) is 48.3 Å². The number of aliphatic hydroxyl groups is 1. The Kier molecular flexibility index (Phi) is 7.70. The molecule has 1 saturated carbocycles. The molecule has 4 rings (SSSR count). The van der Waals surface area contributed by atoms with Crippen LogP contribution in [0.25, 0.3) is 10.9 Å². The van der Waals surface area contributed by atoms with Crippen molar-refractivity contribution >= 4 is 28.5 Å². The molecule has 0 bridgehead atoms. The Morgan fingerprint density at radius 1 is 1.25 bits per heavy atom. The maximum absolute atomic E-state index is 12.6. The fraction of sp³-hybridized carbons (Fsp3) is 0.593. The highest BCUT2D eigenvalue weighted by Crippen LogP contribution is 2.39. The molecule has 9 nitrogen and oxygen atoms in total. The van der Waals surface area contributed by atoms with Gasteiger partial charge in [0.2, 0.25) is 5.91 Å². The van der Waals surface area contributed by atoms with Crippen LogP contribution in [0.15, 0.2) is 18.2 Å². The average Bonchev–Trinajstić information content (AvgIpc) is 3.35. The summed E-state index contributed by atoms with van der Waals surface area (Å²) in [6.07, 6.45) is 4.76. The number of carboxylic acid groups (broad SMARTS) is 1. The Hall–Kier alpha value is -2.91. The number of aromatic carboxylic acids is 1. The van der Waals surface area contributed by atoms with Gasteiger partial charge in [-0.25, -0.2) is 4.79 Å². The minimum absolute atomic E-state index is 0.0308. The second-order valence-electron chi connectivity index (χ2n) is 10.6. The van der Waals surface area contributed by atoms with Gasteiger partial charge in [0, 0.05) is 30.5 Å². The molecule has 1 aromatic heterocycles. The van der Waals surface area contributed by atoms with E-state index >= 15 is 0 Å². The number of aromatic nitrogens is 1. The van der Waals surface area contributed by atoms with Crippen LogP contribution in [-0.2, 0) is 4.79 Å². The van der Waals surface area contributed by atoms with Crippen LogP contribution in [0.4, 0.5) is 5.69 Å². The topological polar surface area (TPSA) is 138 Å². The fourth-order valence-corrected chi connectivity index (χ4v) is 5.58. The molecule has 1 unspecified atom stereocenters. The third-order valence-electron chi connectivity index (χ3n) is 7.82. The van der Waals surface area contributed by atoms with Gasteiger partial charge in [-0.1, -0.05) is 32.8 Å². The first kappa shape index (κ1) is 26.2. The molecule has 9 heteroatoms. The molecular weight excluding hydrogens is 460 g/mol. The molecule has 1 saturated heterocycles. The quantitative estimate of drug-likeness (QED) is 0.407. The number of nitrogens with zero attached hydrogens (tertiary/aromatic N) is 2. The zero-order valence-electron chi connectivity index (χ0n) is 21.4. The van der Waals surface area contributed by atoms with Gasteiger partial charge in [-0.05, 0) is 44.7 Å². The lowest BCUT2D eigenvalue weighted by atomic mass is 9.76. The standard InChI is InChI=1S/C27H38N4O5/c1-16(2)24(32)31-13-11-27(12-14-31,26(35)30-18-7-4-5-8-18)15-36-20-10-6-9-19-22(20)23(28)21(25(33)34)17(3)29-19/h6,9-10,16,18,26,30,35H,4-5,7-8,11-15H2,1-3H3,(H2,28,29)(H,33,34). The summed E-state index contributed by atoms with van der Waals surface area (Å²) in [6.45, 7) is 6.72. The number of nitrogen functional groups attached to an aromatic ring is 1. The number of carboxylic acids is 1. The van der Waals surface area contributed by atoms with Crippen LogP contribution in [-0.4, -0.2) is 63.9 Å². The summed E-state index contributed by atoms with van der Waals surface area (Å²) in [5, 5.41) is 25.0. The number of hydrogen-bond acceptors (Lipinski definition) is 7. The van der Waals surface area contributed by atoms with Crippen LogP contribution in [0.1, 0.15) is 68.4 Å². The summed E-state index contributed by atoms with van der Waals surface area (Å²) in [4.78, 5) is 30.7. The predicted octanol–water partition coefficient (Wildman–Crippen LogP) is 3.32. The lowest BCUT2D eigenvalue weighted by Crippen LogP contribution is -2.57. The van der Waals surface area contributed by atoms with Gasteiger partial charge in [0.1, 0.15) is 17.5 Å². The van der Waals surface area contributed by atoms with Crippen molar-refractivity contribution in [2.75, 3.05) is 25.4 Å². The summed E-state index contributed by atoms with van der Waals surface area (Å²) >= 11 is 0. The highest BCUT2D eigenvalue weighted by molar-refractivity contribution is 6.06. The zero-order chi connectivity index (χ0) is 26.0. The molecule has 1 amide bonds. The highest BCUT2D eigenvalue weighted by Gasteiger charge is 2.44. The molecule has 0 spiro atoms. The maximum Gasteiger partial charge on any atom is 0.339 e. The molecule has 36 heavy (non-hydrogen) atoms. The van der Waals surface area contributed by atoms with Crippen molar-refractivity contribution in [1.29, 1.82) is 0 Å². The van der Waals surface area contributed by atoms with E-state index in [1.54, 1.807) is 25.1 Å². The third-order valence-corrected chi connectivity index (χ3v) is 7.82. The van der Waals surface area contributed by atoms with Gasteiger partial charge in [-0.2, -0.15) is 0 Å². The van der Waals surface area contributed by atoms with Crippen molar-refractivity contribution in [2.24, 2.45) is 11.3 Å². The number of rotatable bonds is 8. The lowest BCUT2D eigenvalue weighted by Gasteiger charge is -2.45. The van der Waals surface area contributed by atoms with E-state index in [-0.39, 0.29) is 35.7 Å². The molecule has 0 radical (unpaired) electrons. The van der Waals surface area contributed by atoms with E-state index in [9.17, 15) is 19.8 Å². The van der Waals surface area contributed by atoms with E-state index < -0.39 is 17.6 Å². The van der Waals surface area contributed by atoms with Crippen LogP contribution in [0, 0.1) is 18.3 Å². The Labute approximate surface area is 212 Å². The number of nitrogens with one attached hydrogen (secondary N) is 1. The van der Waals surface area contributed by atoms with E-state index in [2.05, 4.69) is 10.3 Å². The third kappa shape index (κ3) is 5.13. The van der Waals surface area contributed by atoms with Gasteiger partial charge in [-0.15, -0.1) is 0 Å². The number of benzene rings is 1. The van der Waals surface area contributed by atoms with Crippen LogP contribution >= 0.6 is 0 Å². The number of aryl methyl sites for hydroxylation is 1. The largest absolute Gasteiger partial charge is 0.492 e. The molecule has 1 aliphatic heterocycles. The molecule has 5 N–H and O–H groups in total. The SMILES string of the molecule is Cc1nc2cccc(OCC3(C(O)NC4CCCC4)CCN(C(=O)C(C)C)CC3)c2c(N)c1C(=O)O. The normalized spacial score (nSPS) is 19.1. The average molecular weight is 499 g/mol. The number of piperidine rings is 1. The minimum Gasteiger partial charge on any atom is -0.492 e. The smallest absolute Gasteiger partial charge is 0.339 e. The number of ether oxygens (including phenoxy) is 1. The van der Waals surface area contributed by atoms with Crippen molar-refractivity contribution in [2.45, 2.75) is 71.6 Å². The van der Waals surface area contributed by atoms with E-state index in [1.165, 1.54) is 0 Å². The van der Waals surface area contributed by atoms with Crippen molar-refractivity contribution < 1.29 is 24.5 Å².